The van der Waals surface area contributed by atoms with Crippen LogP contribution in [0.3, 0.4) is 0 Å². The number of hydrogen-bond donors (Lipinski definition) is 3. The lowest BCUT2D eigenvalue weighted by Crippen LogP contribution is -2.32. The van der Waals surface area contributed by atoms with Crippen LogP contribution in [0.2, 0.25) is 0 Å². The van der Waals surface area contributed by atoms with Gasteiger partial charge in [0.15, 0.2) is 0 Å². The maximum Gasteiger partial charge on any atom is 0.146 e. The van der Waals surface area contributed by atoms with E-state index < -0.39 is 0 Å². The zero-order chi connectivity index (χ0) is 24.9. The molecule has 0 aliphatic carbocycles. The smallest absolute Gasteiger partial charge is 0.146 e. The van der Waals surface area contributed by atoms with Crippen LogP contribution < -0.4 is 4.74 Å². The molecule has 1 aliphatic heterocycles. The number of hydrogen-bond acceptors (Lipinski definition) is 5. The van der Waals surface area contributed by atoms with E-state index in [1.54, 1.807) is 12.1 Å². The molecule has 5 nitrogen and oxygen atoms in total. The molecule has 0 saturated carbocycles. The first-order valence-electron chi connectivity index (χ1n) is 11.7. The van der Waals surface area contributed by atoms with Crippen molar-refractivity contribution in [1.29, 1.82) is 0 Å². The Bertz CT molecular complexity index is 1320. The van der Waals surface area contributed by atoms with Gasteiger partial charge in [-0.25, -0.2) is 0 Å². The Morgan fingerprint density at radius 2 is 1.79 bits per heavy atom. The third kappa shape index (κ3) is 4.15. The fraction of sp³-hybridized carbons (Fsp3) is 0.379. The zero-order valence-electron chi connectivity index (χ0n) is 20.9. The van der Waals surface area contributed by atoms with Gasteiger partial charge in [0, 0.05) is 40.3 Å². The van der Waals surface area contributed by atoms with Gasteiger partial charge < -0.3 is 24.5 Å². The van der Waals surface area contributed by atoms with Crippen LogP contribution in [0.25, 0.3) is 22.3 Å². The molecule has 0 amide bonds. The predicted octanol–water partition coefficient (Wildman–Crippen LogP) is 7.51. The molecule has 180 valence electrons. The summed E-state index contributed by atoms with van der Waals surface area (Å²) in [6.07, 6.45) is 4.19. The molecule has 0 fully saturated rings. The number of allylic oxidation sites excluding steroid dienone is 3. The maximum absolute atomic E-state index is 11.0. The van der Waals surface area contributed by atoms with E-state index in [-0.39, 0.29) is 28.8 Å². The van der Waals surface area contributed by atoms with Crippen LogP contribution in [-0.4, -0.2) is 20.9 Å². The van der Waals surface area contributed by atoms with Crippen molar-refractivity contribution >= 4 is 11.0 Å². The highest BCUT2D eigenvalue weighted by Gasteiger charge is 2.32. The first-order chi connectivity index (χ1) is 15.9. The second-order valence-corrected chi connectivity index (χ2v) is 10.3. The molecule has 34 heavy (non-hydrogen) atoms. The lowest BCUT2D eigenvalue weighted by atomic mass is 9.87. The van der Waals surface area contributed by atoms with E-state index in [9.17, 15) is 15.3 Å². The fourth-order valence-electron chi connectivity index (χ4n) is 4.63. The second-order valence-electron chi connectivity index (χ2n) is 10.3. The number of ether oxygens (including phenoxy) is 1. The number of phenolic OH excluding ortho intramolecular Hbond substituents is 3. The Morgan fingerprint density at radius 3 is 2.44 bits per heavy atom. The summed E-state index contributed by atoms with van der Waals surface area (Å²) in [6, 6.07) is 4.85. The molecule has 1 aromatic heterocycles. The van der Waals surface area contributed by atoms with Gasteiger partial charge in [-0.3, -0.25) is 0 Å². The Labute approximate surface area is 201 Å². The summed E-state index contributed by atoms with van der Waals surface area (Å²) in [5, 5.41) is 32.8. The zero-order valence-corrected chi connectivity index (χ0v) is 20.9. The van der Waals surface area contributed by atoms with E-state index in [0.29, 0.717) is 34.5 Å². The molecule has 0 saturated heterocycles. The molecule has 0 radical (unpaired) electrons. The minimum atomic E-state index is -0.333. The maximum atomic E-state index is 11.0. The number of aromatic hydroxyl groups is 3. The number of rotatable bonds is 5. The normalized spacial score (nSPS) is 15.5. The van der Waals surface area contributed by atoms with Crippen LogP contribution in [0.5, 0.6) is 23.0 Å². The second kappa shape index (κ2) is 8.46. The molecule has 5 heteroatoms. The minimum absolute atomic E-state index is 0.0332. The van der Waals surface area contributed by atoms with Gasteiger partial charge in [-0.2, -0.15) is 0 Å². The number of benzene rings is 2. The molecular formula is C29H34O5. The van der Waals surface area contributed by atoms with Crippen LogP contribution in [0.1, 0.15) is 70.6 Å². The van der Waals surface area contributed by atoms with Crippen molar-refractivity contribution in [2.45, 2.75) is 72.3 Å². The average molecular weight is 463 g/mol. The number of phenols is 3. The quantitative estimate of drug-likeness (QED) is 0.342. The van der Waals surface area contributed by atoms with Crippen molar-refractivity contribution in [3.63, 3.8) is 0 Å². The summed E-state index contributed by atoms with van der Waals surface area (Å²) in [7, 11) is 0. The highest BCUT2D eigenvalue weighted by atomic mass is 16.5. The van der Waals surface area contributed by atoms with Crippen LogP contribution in [0.15, 0.2) is 46.4 Å². The molecular weight excluding hydrogens is 428 g/mol. The molecule has 0 bridgehead atoms. The lowest BCUT2D eigenvalue weighted by Gasteiger charge is -2.34. The first-order valence-corrected chi connectivity index (χ1v) is 11.7. The Kier molecular flexibility index (Phi) is 5.92. The summed E-state index contributed by atoms with van der Waals surface area (Å²) < 4.78 is 12.6. The highest BCUT2D eigenvalue weighted by molar-refractivity contribution is 5.93. The number of furan rings is 1. The van der Waals surface area contributed by atoms with Gasteiger partial charge in [0.1, 0.15) is 39.9 Å². The van der Waals surface area contributed by atoms with Crippen LogP contribution in [0.4, 0.5) is 0 Å². The Balaban J connectivity index is 2.03. The predicted molar refractivity (Wildman–Crippen MR) is 136 cm³/mol. The summed E-state index contributed by atoms with van der Waals surface area (Å²) in [5.41, 5.74) is 5.20. The van der Waals surface area contributed by atoms with Crippen molar-refractivity contribution < 1.29 is 24.5 Å². The van der Waals surface area contributed by atoms with Gasteiger partial charge in [-0.1, -0.05) is 30.7 Å². The summed E-state index contributed by atoms with van der Waals surface area (Å²) in [5.74, 6) is 1.06. The first kappa shape index (κ1) is 23.8. The lowest BCUT2D eigenvalue weighted by molar-refractivity contribution is 0.0845. The van der Waals surface area contributed by atoms with E-state index in [1.165, 1.54) is 6.07 Å². The van der Waals surface area contributed by atoms with Gasteiger partial charge in [-0.15, -0.1) is 0 Å². The van der Waals surface area contributed by atoms with Crippen molar-refractivity contribution in [2.24, 2.45) is 0 Å². The third-order valence-corrected chi connectivity index (χ3v) is 6.78. The average Bonchev–Trinajstić information content (AvgIpc) is 3.16. The summed E-state index contributed by atoms with van der Waals surface area (Å²) in [4.78, 5) is 0. The van der Waals surface area contributed by atoms with Gasteiger partial charge in [-0.05, 0) is 59.9 Å². The van der Waals surface area contributed by atoms with Crippen LogP contribution >= 0.6 is 0 Å². The standard InChI is InChI=1S/C29H34O5/c1-15(2)8-9-18-22(31)14-24-19(10-11-29(6,7)34-24)27(18)25-12-20-21(30)13-23(32)26(28(20)33-25)17(5)16(3)4/h8,12-14,17,30-32H,3,9-11H2,1-2,4-7H3. The van der Waals surface area contributed by atoms with Crippen LogP contribution in [-0.2, 0) is 12.8 Å². The van der Waals surface area contributed by atoms with Crippen molar-refractivity contribution in [3.05, 3.63) is 58.7 Å². The van der Waals surface area contributed by atoms with Gasteiger partial charge in [0.05, 0.1) is 5.39 Å². The third-order valence-electron chi connectivity index (χ3n) is 6.78. The van der Waals surface area contributed by atoms with E-state index in [0.717, 1.165) is 40.7 Å². The highest BCUT2D eigenvalue weighted by Crippen LogP contribution is 2.49. The topological polar surface area (TPSA) is 83.1 Å². The summed E-state index contributed by atoms with van der Waals surface area (Å²) in [6.45, 7) is 16.0. The largest absolute Gasteiger partial charge is 0.507 e. The molecule has 1 atom stereocenters. The van der Waals surface area contributed by atoms with E-state index in [4.69, 9.17) is 9.15 Å². The molecule has 1 aliphatic rings. The molecule has 3 N–H and O–H groups in total. The van der Waals surface area contributed by atoms with Gasteiger partial charge >= 0.3 is 0 Å². The van der Waals surface area contributed by atoms with Crippen LogP contribution in [0, 0.1) is 0 Å². The Morgan fingerprint density at radius 1 is 1.09 bits per heavy atom. The van der Waals surface area contributed by atoms with Crippen molar-refractivity contribution in [2.75, 3.05) is 0 Å². The molecule has 0 spiro atoms. The Hall–Kier alpha value is -3.34. The van der Waals surface area contributed by atoms with Crippen molar-refractivity contribution in [1.82, 2.24) is 0 Å². The minimum Gasteiger partial charge on any atom is -0.507 e. The molecule has 3 aromatic rings. The van der Waals surface area contributed by atoms with Gasteiger partial charge in [0.2, 0.25) is 0 Å². The molecule has 2 aromatic carbocycles. The number of fused-ring (bicyclic) bond motifs is 2. The molecule has 2 heterocycles. The fourth-order valence-corrected chi connectivity index (χ4v) is 4.63. The van der Waals surface area contributed by atoms with Gasteiger partial charge in [0.25, 0.3) is 0 Å². The molecule has 4 rings (SSSR count). The molecule has 1 unspecified atom stereocenters. The monoisotopic (exact) mass is 462 g/mol. The van der Waals surface area contributed by atoms with E-state index in [1.807, 2.05) is 41.5 Å². The SMILES string of the molecule is C=C(C)C(C)c1c(O)cc(O)c2cc(-c3c(CC=C(C)C)c(O)cc4c3CCC(C)(C)O4)oc12. The van der Waals surface area contributed by atoms with E-state index >= 15 is 0 Å². The summed E-state index contributed by atoms with van der Waals surface area (Å²) >= 11 is 0. The van der Waals surface area contributed by atoms with E-state index in [2.05, 4.69) is 12.7 Å². The van der Waals surface area contributed by atoms with Crippen molar-refractivity contribution in [3.8, 4) is 34.3 Å².